The van der Waals surface area contributed by atoms with Gasteiger partial charge in [-0.15, -0.1) is 15.3 Å². The van der Waals surface area contributed by atoms with E-state index in [1.54, 1.807) is 4.52 Å². The van der Waals surface area contributed by atoms with Gasteiger partial charge in [0.25, 0.3) is 0 Å². The number of rotatable bonds is 6. The lowest BCUT2D eigenvalue weighted by Gasteiger charge is -2.10. The largest absolute Gasteiger partial charge is 0.368 e. The molecular formula is C18H19BrN6O. The number of halogens is 1. The van der Waals surface area contributed by atoms with Crippen LogP contribution in [-0.4, -0.2) is 32.3 Å². The zero-order chi connectivity index (χ0) is 18.1. The number of carbonyl (C=O) groups is 1. The third-order valence-electron chi connectivity index (χ3n) is 4.35. The van der Waals surface area contributed by atoms with Gasteiger partial charge in [-0.25, -0.2) is 0 Å². The van der Waals surface area contributed by atoms with E-state index in [1.807, 2.05) is 37.3 Å². The zero-order valence-electron chi connectivity index (χ0n) is 14.4. The lowest BCUT2D eigenvalue weighted by Crippen LogP contribution is -2.17. The van der Waals surface area contributed by atoms with E-state index >= 15 is 0 Å². The van der Waals surface area contributed by atoms with Gasteiger partial charge in [-0.3, -0.25) is 4.79 Å². The van der Waals surface area contributed by atoms with Crippen molar-refractivity contribution in [2.24, 2.45) is 0 Å². The molecule has 0 unspecified atom stereocenters. The molecular weight excluding hydrogens is 396 g/mol. The van der Waals surface area contributed by atoms with Crippen molar-refractivity contribution in [2.75, 3.05) is 17.2 Å². The molecule has 3 aromatic rings. The molecule has 0 atom stereocenters. The number of aromatic nitrogens is 4. The van der Waals surface area contributed by atoms with Crippen LogP contribution >= 0.6 is 15.9 Å². The number of amides is 1. The highest BCUT2D eigenvalue weighted by Crippen LogP contribution is 2.38. The summed E-state index contributed by atoms with van der Waals surface area (Å²) in [5, 5.41) is 19.0. The van der Waals surface area contributed by atoms with Gasteiger partial charge in [-0.05, 0) is 55.7 Å². The number of anilines is 2. The molecule has 1 aliphatic carbocycles. The second-order valence-electron chi connectivity index (χ2n) is 6.51. The molecule has 4 rings (SSSR count). The number of fused-ring (bicyclic) bond motifs is 1. The first kappa shape index (κ1) is 17.0. The van der Waals surface area contributed by atoms with Crippen molar-refractivity contribution >= 4 is 39.0 Å². The highest BCUT2D eigenvalue weighted by Gasteiger charge is 2.29. The van der Waals surface area contributed by atoms with E-state index in [9.17, 15) is 4.79 Å². The molecule has 0 radical (unpaired) electrons. The third kappa shape index (κ3) is 3.70. The van der Waals surface area contributed by atoms with Gasteiger partial charge >= 0.3 is 0 Å². The number of benzene rings is 1. The predicted molar refractivity (Wildman–Crippen MR) is 103 cm³/mol. The molecule has 134 valence electrons. The van der Waals surface area contributed by atoms with E-state index in [2.05, 4.69) is 41.9 Å². The molecule has 0 saturated heterocycles. The minimum Gasteiger partial charge on any atom is -0.368 e. The average Bonchev–Trinajstić information content (AvgIpc) is 3.37. The fourth-order valence-electron chi connectivity index (χ4n) is 2.78. The Hall–Kier alpha value is -2.48. The Kier molecular flexibility index (Phi) is 4.58. The maximum Gasteiger partial charge on any atom is 0.226 e. The van der Waals surface area contributed by atoms with Gasteiger partial charge in [0.2, 0.25) is 5.91 Å². The normalized spacial score (nSPS) is 13.8. The van der Waals surface area contributed by atoms with Crippen LogP contribution in [0.3, 0.4) is 0 Å². The van der Waals surface area contributed by atoms with Gasteiger partial charge in [-0.2, -0.15) is 4.52 Å². The smallest absolute Gasteiger partial charge is 0.226 e. The molecule has 2 aromatic heterocycles. The van der Waals surface area contributed by atoms with E-state index in [0.29, 0.717) is 24.7 Å². The molecule has 26 heavy (non-hydrogen) atoms. The van der Waals surface area contributed by atoms with Crippen molar-refractivity contribution in [1.29, 1.82) is 0 Å². The minimum absolute atomic E-state index is 0.0352. The van der Waals surface area contributed by atoms with Crippen LogP contribution in [-0.2, 0) is 4.79 Å². The van der Waals surface area contributed by atoms with Gasteiger partial charge in [0.15, 0.2) is 11.5 Å². The van der Waals surface area contributed by atoms with Crippen molar-refractivity contribution in [3.8, 4) is 0 Å². The first-order chi connectivity index (χ1) is 12.6. The summed E-state index contributed by atoms with van der Waals surface area (Å²) in [4.78, 5) is 12.2. The molecule has 1 aromatic carbocycles. The number of aryl methyl sites for hydroxylation is 1. The molecule has 1 amide bonds. The van der Waals surface area contributed by atoms with Crippen LogP contribution in [0.5, 0.6) is 0 Å². The first-order valence-electron chi connectivity index (χ1n) is 8.62. The predicted octanol–water partition coefficient (Wildman–Crippen LogP) is 3.51. The maximum absolute atomic E-state index is 12.2. The summed E-state index contributed by atoms with van der Waals surface area (Å²) >= 11 is 3.42. The van der Waals surface area contributed by atoms with E-state index < -0.39 is 0 Å². The fraction of sp³-hybridized carbons (Fsp3) is 0.333. The second kappa shape index (κ2) is 7.03. The van der Waals surface area contributed by atoms with Crippen molar-refractivity contribution < 1.29 is 4.79 Å². The molecule has 2 N–H and O–H groups in total. The monoisotopic (exact) mass is 414 g/mol. The Morgan fingerprint density at radius 1 is 1.27 bits per heavy atom. The van der Waals surface area contributed by atoms with E-state index in [-0.39, 0.29) is 5.91 Å². The number of carbonyl (C=O) groups excluding carboxylic acids is 1. The quantitative estimate of drug-likeness (QED) is 0.644. The average molecular weight is 415 g/mol. The summed E-state index contributed by atoms with van der Waals surface area (Å²) in [7, 11) is 0. The molecule has 0 aliphatic heterocycles. The standard InChI is InChI=1S/C18H19BrN6O/c1-11-10-13(19)4-5-14(11)21-17(26)8-9-20-15-6-7-16-22-23-18(12-2-3-12)25(16)24-15/h4-7,10,12H,2-3,8-9H2,1H3,(H,20,24)(H,21,26). The highest BCUT2D eigenvalue weighted by molar-refractivity contribution is 9.10. The zero-order valence-corrected chi connectivity index (χ0v) is 16.0. The second-order valence-corrected chi connectivity index (χ2v) is 7.42. The van der Waals surface area contributed by atoms with Gasteiger partial charge in [-0.1, -0.05) is 15.9 Å². The molecule has 8 heteroatoms. The van der Waals surface area contributed by atoms with Crippen LogP contribution in [0.25, 0.3) is 5.65 Å². The SMILES string of the molecule is Cc1cc(Br)ccc1NC(=O)CCNc1ccc2nnc(C3CC3)n2n1. The number of nitrogens with one attached hydrogen (secondary N) is 2. The molecule has 0 spiro atoms. The maximum atomic E-state index is 12.2. The van der Waals surface area contributed by atoms with E-state index in [0.717, 1.165) is 40.0 Å². The van der Waals surface area contributed by atoms with Crippen LogP contribution in [0.15, 0.2) is 34.8 Å². The molecule has 2 heterocycles. The Labute approximate surface area is 159 Å². The van der Waals surface area contributed by atoms with Gasteiger partial charge in [0.1, 0.15) is 5.82 Å². The summed E-state index contributed by atoms with van der Waals surface area (Å²) < 4.78 is 2.79. The lowest BCUT2D eigenvalue weighted by atomic mass is 10.2. The molecule has 1 fully saturated rings. The van der Waals surface area contributed by atoms with Gasteiger partial charge < -0.3 is 10.6 Å². The number of nitrogens with zero attached hydrogens (tertiary/aromatic N) is 4. The summed E-state index contributed by atoms with van der Waals surface area (Å²) in [6, 6.07) is 9.53. The summed E-state index contributed by atoms with van der Waals surface area (Å²) in [5.74, 6) is 2.08. The summed E-state index contributed by atoms with van der Waals surface area (Å²) in [6.45, 7) is 2.47. The van der Waals surface area contributed by atoms with Crippen molar-refractivity contribution in [2.45, 2.75) is 32.1 Å². The van der Waals surface area contributed by atoms with E-state index in [1.165, 1.54) is 0 Å². The Balaban J connectivity index is 1.34. The Morgan fingerprint density at radius 3 is 2.88 bits per heavy atom. The molecule has 1 saturated carbocycles. The van der Waals surface area contributed by atoms with Gasteiger partial charge in [0, 0.05) is 29.0 Å². The van der Waals surface area contributed by atoms with E-state index in [4.69, 9.17) is 0 Å². The summed E-state index contributed by atoms with van der Waals surface area (Å²) in [6.07, 6.45) is 2.65. The van der Waals surface area contributed by atoms with Crippen molar-refractivity contribution in [3.63, 3.8) is 0 Å². The van der Waals surface area contributed by atoms with Crippen LogP contribution in [0.2, 0.25) is 0 Å². The third-order valence-corrected chi connectivity index (χ3v) is 4.84. The van der Waals surface area contributed by atoms with Gasteiger partial charge in [0.05, 0.1) is 0 Å². The molecule has 0 bridgehead atoms. The molecule has 7 nitrogen and oxygen atoms in total. The minimum atomic E-state index is -0.0352. The highest BCUT2D eigenvalue weighted by atomic mass is 79.9. The van der Waals surface area contributed by atoms with Crippen molar-refractivity contribution in [3.05, 3.63) is 46.2 Å². The summed E-state index contributed by atoms with van der Waals surface area (Å²) in [5.41, 5.74) is 2.60. The fourth-order valence-corrected chi connectivity index (χ4v) is 3.26. The molecule has 1 aliphatic rings. The Bertz CT molecular complexity index is 965. The van der Waals surface area contributed by atoms with Crippen LogP contribution < -0.4 is 10.6 Å². The topological polar surface area (TPSA) is 84.2 Å². The lowest BCUT2D eigenvalue weighted by molar-refractivity contribution is -0.115. The van der Waals surface area contributed by atoms with Crippen LogP contribution in [0.1, 0.15) is 36.6 Å². The Morgan fingerprint density at radius 2 is 2.12 bits per heavy atom. The first-order valence-corrected chi connectivity index (χ1v) is 9.42. The number of hydrogen-bond acceptors (Lipinski definition) is 5. The number of hydrogen-bond donors (Lipinski definition) is 2. The van der Waals surface area contributed by atoms with Crippen LogP contribution in [0, 0.1) is 6.92 Å². The van der Waals surface area contributed by atoms with Crippen molar-refractivity contribution in [1.82, 2.24) is 19.8 Å². The van der Waals surface area contributed by atoms with Crippen LogP contribution in [0.4, 0.5) is 11.5 Å².